The topological polar surface area (TPSA) is 74.5 Å². The SMILES string of the molecule is COc1cc(CC#N)c(CCNCCCO)cc1OC. The average molecular weight is 278 g/mol. The minimum atomic E-state index is 0.197. The van der Waals surface area contributed by atoms with Crippen LogP contribution in [0.15, 0.2) is 12.1 Å². The van der Waals surface area contributed by atoms with Gasteiger partial charge in [-0.05, 0) is 49.2 Å². The van der Waals surface area contributed by atoms with Gasteiger partial charge in [-0.3, -0.25) is 0 Å². The fraction of sp³-hybridized carbons (Fsp3) is 0.533. The van der Waals surface area contributed by atoms with Crippen LogP contribution >= 0.6 is 0 Å². The highest BCUT2D eigenvalue weighted by Crippen LogP contribution is 2.31. The van der Waals surface area contributed by atoms with Crippen molar-refractivity contribution in [3.63, 3.8) is 0 Å². The summed E-state index contributed by atoms with van der Waals surface area (Å²) in [7, 11) is 3.19. The summed E-state index contributed by atoms with van der Waals surface area (Å²) in [5.74, 6) is 1.33. The molecule has 20 heavy (non-hydrogen) atoms. The van der Waals surface area contributed by atoms with E-state index in [0.717, 1.165) is 37.1 Å². The van der Waals surface area contributed by atoms with Crippen LogP contribution in [0.4, 0.5) is 0 Å². The van der Waals surface area contributed by atoms with Gasteiger partial charge in [-0.1, -0.05) is 0 Å². The van der Waals surface area contributed by atoms with E-state index in [-0.39, 0.29) is 6.61 Å². The van der Waals surface area contributed by atoms with Crippen LogP contribution in [0.3, 0.4) is 0 Å². The van der Waals surface area contributed by atoms with E-state index in [1.165, 1.54) is 0 Å². The Morgan fingerprint density at radius 2 is 1.80 bits per heavy atom. The summed E-state index contributed by atoms with van der Waals surface area (Å²) in [4.78, 5) is 0. The Bertz CT molecular complexity index is 455. The number of hydrogen-bond acceptors (Lipinski definition) is 5. The molecule has 110 valence electrons. The molecular formula is C15H22N2O3. The highest BCUT2D eigenvalue weighted by Gasteiger charge is 2.10. The fourth-order valence-electron chi connectivity index (χ4n) is 2.00. The average Bonchev–Trinajstić information content (AvgIpc) is 2.48. The Labute approximate surface area is 120 Å². The second-order valence-corrected chi connectivity index (χ2v) is 4.39. The van der Waals surface area contributed by atoms with Crippen molar-refractivity contribution in [2.45, 2.75) is 19.3 Å². The first-order valence-electron chi connectivity index (χ1n) is 6.69. The minimum Gasteiger partial charge on any atom is -0.493 e. The van der Waals surface area contributed by atoms with Crippen LogP contribution in [0.5, 0.6) is 11.5 Å². The van der Waals surface area contributed by atoms with E-state index >= 15 is 0 Å². The van der Waals surface area contributed by atoms with Crippen LogP contribution in [0.25, 0.3) is 0 Å². The molecule has 0 fully saturated rings. The molecule has 1 aromatic carbocycles. The van der Waals surface area contributed by atoms with Gasteiger partial charge in [-0.2, -0.15) is 5.26 Å². The molecule has 0 aliphatic carbocycles. The Kier molecular flexibility index (Phi) is 7.48. The third-order valence-electron chi connectivity index (χ3n) is 3.06. The van der Waals surface area contributed by atoms with E-state index in [9.17, 15) is 0 Å². The number of hydrogen-bond donors (Lipinski definition) is 2. The lowest BCUT2D eigenvalue weighted by Gasteiger charge is -2.14. The monoisotopic (exact) mass is 278 g/mol. The molecule has 0 spiro atoms. The van der Waals surface area contributed by atoms with Crippen LogP contribution < -0.4 is 14.8 Å². The van der Waals surface area contributed by atoms with Crippen molar-refractivity contribution in [3.8, 4) is 17.6 Å². The predicted octanol–water partition coefficient (Wildman–Crippen LogP) is 1.28. The maximum atomic E-state index is 8.91. The van der Waals surface area contributed by atoms with Crippen molar-refractivity contribution in [2.24, 2.45) is 0 Å². The first kappa shape index (κ1) is 16.3. The summed E-state index contributed by atoms with van der Waals surface area (Å²) in [5, 5.41) is 20.9. The molecule has 1 rings (SSSR count). The lowest BCUT2D eigenvalue weighted by molar-refractivity contribution is 0.286. The van der Waals surface area contributed by atoms with Gasteiger partial charge in [0, 0.05) is 6.61 Å². The number of aliphatic hydroxyl groups excluding tert-OH is 1. The van der Waals surface area contributed by atoms with Crippen molar-refractivity contribution in [1.82, 2.24) is 5.32 Å². The van der Waals surface area contributed by atoms with Gasteiger partial charge in [0.25, 0.3) is 0 Å². The quantitative estimate of drug-likeness (QED) is 0.666. The normalized spacial score (nSPS) is 10.1. The molecule has 5 nitrogen and oxygen atoms in total. The largest absolute Gasteiger partial charge is 0.493 e. The van der Waals surface area contributed by atoms with E-state index in [1.807, 2.05) is 12.1 Å². The predicted molar refractivity (Wildman–Crippen MR) is 77.1 cm³/mol. The molecule has 1 aromatic rings. The molecule has 0 atom stereocenters. The standard InChI is InChI=1S/C15H22N2O3/c1-19-14-10-12(4-6-16)13(11-15(14)20-2)5-8-17-7-3-9-18/h10-11,17-18H,3-5,7-9H2,1-2H3. The molecular weight excluding hydrogens is 256 g/mol. The summed E-state index contributed by atoms with van der Waals surface area (Å²) >= 11 is 0. The molecule has 0 bridgehead atoms. The third kappa shape index (κ3) is 4.72. The van der Waals surface area contributed by atoms with Crippen LogP contribution in [-0.4, -0.2) is 39.0 Å². The molecule has 0 saturated heterocycles. The zero-order chi connectivity index (χ0) is 14.8. The second-order valence-electron chi connectivity index (χ2n) is 4.39. The number of nitriles is 1. The Morgan fingerprint density at radius 3 is 2.35 bits per heavy atom. The van der Waals surface area contributed by atoms with Crippen LogP contribution in [0, 0.1) is 11.3 Å². The van der Waals surface area contributed by atoms with Gasteiger partial charge in [0.1, 0.15) is 0 Å². The lowest BCUT2D eigenvalue weighted by atomic mass is 10.0. The molecule has 0 aromatic heterocycles. The molecule has 0 saturated carbocycles. The number of nitrogens with zero attached hydrogens (tertiary/aromatic N) is 1. The van der Waals surface area contributed by atoms with Crippen molar-refractivity contribution in [3.05, 3.63) is 23.3 Å². The smallest absolute Gasteiger partial charge is 0.161 e. The van der Waals surface area contributed by atoms with Gasteiger partial charge < -0.3 is 19.9 Å². The van der Waals surface area contributed by atoms with E-state index in [1.54, 1.807) is 14.2 Å². The van der Waals surface area contributed by atoms with Crippen molar-refractivity contribution < 1.29 is 14.6 Å². The van der Waals surface area contributed by atoms with E-state index in [2.05, 4.69) is 11.4 Å². The van der Waals surface area contributed by atoms with Crippen molar-refractivity contribution >= 4 is 0 Å². The number of rotatable bonds is 9. The van der Waals surface area contributed by atoms with Crippen molar-refractivity contribution in [2.75, 3.05) is 33.9 Å². The zero-order valence-corrected chi connectivity index (χ0v) is 12.1. The minimum absolute atomic E-state index is 0.197. The Hall–Kier alpha value is -1.77. The van der Waals surface area contributed by atoms with Crippen LogP contribution in [0.2, 0.25) is 0 Å². The van der Waals surface area contributed by atoms with E-state index in [0.29, 0.717) is 17.9 Å². The van der Waals surface area contributed by atoms with Gasteiger partial charge in [-0.25, -0.2) is 0 Å². The van der Waals surface area contributed by atoms with Crippen LogP contribution in [-0.2, 0) is 12.8 Å². The van der Waals surface area contributed by atoms with Crippen LogP contribution in [0.1, 0.15) is 17.5 Å². The number of ether oxygens (including phenoxy) is 2. The third-order valence-corrected chi connectivity index (χ3v) is 3.06. The Balaban J connectivity index is 2.78. The molecule has 0 radical (unpaired) electrons. The van der Waals surface area contributed by atoms with E-state index < -0.39 is 0 Å². The zero-order valence-electron chi connectivity index (χ0n) is 12.1. The molecule has 0 amide bonds. The van der Waals surface area contributed by atoms with Gasteiger partial charge in [0.05, 0.1) is 26.7 Å². The van der Waals surface area contributed by atoms with Gasteiger partial charge in [0.15, 0.2) is 11.5 Å². The molecule has 5 heteroatoms. The first-order chi connectivity index (χ1) is 9.76. The second kappa shape index (κ2) is 9.18. The number of aliphatic hydroxyl groups is 1. The van der Waals surface area contributed by atoms with Crippen molar-refractivity contribution in [1.29, 1.82) is 5.26 Å². The number of benzene rings is 1. The molecule has 0 heterocycles. The fourth-order valence-corrected chi connectivity index (χ4v) is 2.00. The molecule has 0 aliphatic rings. The lowest BCUT2D eigenvalue weighted by Crippen LogP contribution is -2.19. The summed E-state index contributed by atoms with van der Waals surface area (Å²) in [6.07, 6.45) is 1.91. The summed E-state index contributed by atoms with van der Waals surface area (Å²) in [6, 6.07) is 5.97. The Morgan fingerprint density at radius 1 is 1.15 bits per heavy atom. The maximum Gasteiger partial charge on any atom is 0.161 e. The number of methoxy groups -OCH3 is 2. The summed E-state index contributed by atoms with van der Waals surface area (Å²) < 4.78 is 10.6. The highest BCUT2D eigenvalue weighted by atomic mass is 16.5. The molecule has 2 N–H and O–H groups in total. The molecule has 0 aliphatic heterocycles. The first-order valence-corrected chi connectivity index (χ1v) is 6.69. The van der Waals surface area contributed by atoms with E-state index in [4.69, 9.17) is 19.8 Å². The van der Waals surface area contributed by atoms with Gasteiger partial charge in [0.2, 0.25) is 0 Å². The van der Waals surface area contributed by atoms with Gasteiger partial charge in [-0.15, -0.1) is 0 Å². The van der Waals surface area contributed by atoms with Gasteiger partial charge >= 0.3 is 0 Å². The summed E-state index contributed by atoms with van der Waals surface area (Å²) in [6.45, 7) is 1.79. The molecule has 0 unspecified atom stereocenters. The maximum absolute atomic E-state index is 8.91. The highest BCUT2D eigenvalue weighted by molar-refractivity contribution is 5.48. The number of nitrogens with one attached hydrogen (secondary N) is 1. The summed E-state index contributed by atoms with van der Waals surface area (Å²) in [5.41, 5.74) is 2.05.